The van der Waals surface area contributed by atoms with E-state index in [2.05, 4.69) is 15.3 Å². The molecule has 0 aliphatic rings. The molecule has 2 rings (SSSR count). The van der Waals surface area contributed by atoms with Gasteiger partial charge >= 0.3 is 0 Å². The summed E-state index contributed by atoms with van der Waals surface area (Å²) < 4.78 is 0. The summed E-state index contributed by atoms with van der Waals surface area (Å²) in [5.41, 5.74) is 7.01. The van der Waals surface area contributed by atoms with Gasteiger partial charge in [-0.3, -0.25) is 0 Å². The molecule has 0 amide bonds. The molecule has 2 aromatic rings. The molecule has 0 unspecified atom stereocenters. The maximum atomic E-state index is 8.87. The van der Waals surface area contributed by atoms with E-state index in [-0.39, 0.29) is 5.69 Å². The molecule has 0 atom stereocenters. The van der Waals surface area contributed by atoms with E-state index >= 15 is 0 Å². The SMILES string of the molecule is N#Cc1nccnc1Nc1cc(N)ccc1Cl. The second-order valence-electron chi connectivity index (χ2n) is 3.23. The Labute approximate surface area is 103 Å². The molecule has 0 aliphatic carbocycles. The third-order valence-electron chi connectivity index (χ3n) is 2.05. The molecule has 1 aromatic carbocycles. The number of benzene rings is 1. The van der Waals surface area contributed by atoms with Crippen LogP contribution in [0.4, 0.5) is 17.2 Å². The van der Waals surface area contributed by atoms with Gasteiger partial charge in [-0.1, -0.05) is 11.6 Å². The van der Waals surface area contributed by atoms with Gasteiger partial charge < -0.3 is 11.1 Å². The molecule has 0 saturated carbocycles. The van der Waals surface area contributed by atoms with Crippen LogP contribution >= 0.6 is 11.6 Å². The molecular formula is C11H8ClN5. The van der Waals surface area contributed by atoms with Crippen LogP contribution in [0.1, 0.15) is 5.69 Å². The lowest BCUT2D eigenvalue weighted by atomic mass is 10.2. The first-order valence-electron chi connectivity index (χ1n) is 4.74. The van der Waals surface area contributed by atoms with E-state index in [4.69, 9.17) is 22.6 Å². The van der Waals surface area contributed by atoms with E-state index in [1.165, 1.54) is 12.4 Å². The summed E-state index contributed by atoms with van der Waals surface area (Å²) >= 11 is 5.99. The van der Waals surface area contributed by atoms with Crippen LogP contribution < -0.4 is 11.1 Å². The summed E-state index contributed by atoms with van der Waals surface area (Å²) in [5, 5.41) is 12.3. The van der Waals surface area contributed by atoms with Gasteiger partial charge in [-0.15, -0.1) is 0 Å². The summed E-state index contributed by atoms with van der Waals surface area (Å²) in [5.74, 6) is 0.350. The molecule has 6 heteroatoms. The Morgan fingerprint density at radius 1 is 1.29 bits per heavy atom. The maximum absolute atomic E-state index is 8.87. The van der Waals surface area contributed by atoms with Crippen molar-refractivity contribution in [3.05, 3.63) is 41.3 Å². The van der Waals surface area contributed by atoms with E-state index < -0.39 is 0 Å². The van der Waals surface area contributed by atoms with Crippen LogP contribution in [0.2, 0.25) is 5.02 Å². The summed E-state index contributed by atoms with van der Waals surface area (Å²) in [6, 6.07) is 6.96. The Bertz CT molecular complexity index is 591. The number of anilines is 3. The van der Waals surface area contributed by atoms with Gasteiger partial charge in [0.25, 0.3) is 0 Å². The number of hydrogen-bond acceptors (Lipinski definition) is 5. The van der Waals surface area contributed by atoms with Crippen LogP contribution in [-0.2, 0) is 0 Å². The van der Waals surface area contributed by atoms with Gasteiger partial charge in [-0.2, -0.15) is 5.26 Å². The molecule has 1 aromatic heterocycles. The fourth-order valence-electron chi connectivity index (χ4n) is 1.28. The monoisotopic (exact) mass is 245 g/mol. The van der Waals surface area contributed by atoms with Crippen LogP contribution in [-0.4, -0.2) is 9.97 Å². The summed E-state index contributed by atoms with van der Waals surface area (Å²) in [6.45, 7) is 0. The number of halogens is 1. The highest BCUT2D eigenvalue weighted by atomic mass is 35.5. The Kier molecular flexibility index (Phi) is 3.08. The zero-order valence-corrected chi connectivity index (χ0v) is 9.44. The van der Waals surface area contributed by atoms with Crippen molar-refractivity contribution in [3.63, 3.8) is 0 Å². The van der Waals surface area contributed by atoms with E-state index in [0.29, 0.717) is 22.2 Å². The molecular weight excluding hydrogens is 238 g/mol. The minimum absolute atomic E-state index is 0.200. The molecule has 0 bridgehead atoms. The molecule has 5 nitrogen and oxygen atoms in total. The van der Waals surface area contributed by atoms with Crippen molar-refractivity contribution < 1.29 is 0 Å². The molecule has 3 N–H and O–H groups in total. The van der Waals surface area contributed by atoms with Crippen molar-refractivity contribution in [1.29, 1.82) is 5.26 Å². The van der Waals surface area contributed by atoms with E-state index in [1.54, 1.807) is 18.2 Å². The minimum Gasteiger partial charge on any atom is -0.399 e. The van der Waals surface area contributed by atoms with Crippen LogP contribution in [0.3, 0.4) is 0 Å². The number of nitriles is 1. The lowest BCUT2D eigenvalue weighted by Gasteiger charge is -2.08. The van der Waals surface area contributed by atoms with Crippen molar-refractivity contribution in [2.45, 2.75) is 0 Å². The van der Waals surface area contributed by atoms with Gasteiger partial charge in [0.15, 0.2) is 11.5 Å². The number of nitrogens with one attached hydrogen (secondary N) is 1. The Morgan fingerprint density at radius 2 is 2.06 bits per heavy atom. The third kappa shape index (κ3) is 2.44. The predicted octanol–water partition coefficient (Wildman–Crippen LogP) is 2.33. The first-order chi connectivity index (χ1) is 8.20. The fourth-order valence-corrected chi connectivity index (χ4v) is 1.44. The highest BCUT2D eigenvalue weighted by Crippen LogP contribution is 2.27. The average molecular weight is 246 g/mol. The largest absolute Gasteiger partial charge is 0.399 e. The molecule has 0 spiro atoms. The summed E-state index contributed by atoms with van der Waals surface area (Å²) in [7, 11) is 0. The lowest BCUT2D eigenvalue weighted by molar-refractivity contribution is 1.16. The first-order valence-corrected chi connectivity index (χ1v) is 5.11. The van der Waals surface area contributed by atoms with Crippen LogP contribution in [0.15, 0.2) is 30.6 Å². The van der Waals surface area contributed by atoms with Crippen LogP contribution in [0, 0.1) is 11.3 Å². The molecule has 0 saturated heterocycles. The van der Waals surface area contributed by atoms with Crippen molar-refractivity contribution >= 4 is 28.8 Å². The zero-order chi connectivity index (χ0) is 12.3. The van der Waals surface area contributed by atoms with Crippen molar-refractivity contribution in [1.82, 2.24) is 9.97 Å². The van der Waals surface area contributed by atoms with E-state index in [1.807, 2.05) is 6.07 Å². The van der Waals surface area contributed by atoms with E-state index in [9.17, 15) is 0 Å². The quantitative estimate of drug-likeness (QED) is 0.793. The van der Waals surface area contributed by atoms with Crippen molar-refractivity contribution in [2.75, 3.05) is 11.1 Å². The predicted molar refractivity (Wildman–Crippen MR) is 65.9 cm³/mol. The van der Waals surface area contributed by atoms with Crippen LogP contribution in [0.5, 0.6) is 0 Å². The van der Waals surface area contributed by atoms with Gasteiger partial charge in [-0.25, -0.2) is 9.97 Å². The topological polar surface area (TPSA) is 87.6 Å². The Balaban J connectivity index is 2.38. The van der Waals surface area contributed by atoms with Gasteiger partial charge in [0.1, 0.15) is 6.07 Å². The smallest absolute Gasteiger partial charge is 0.183 e. The second-order valence-corrected chi connectivity index (χ2v) is 3.64. The number of nitrogens with two attached hydrogens (primary N) is 1. The highest BCUT2D eigenvalue weighted by molar-refractivity contribution is 6.33. The third-order valence-corrected chi connectivity index (χ3v) is 2.38. The number of nitrogen functional groups attached to an aromatic ring is 1. The number of nitrogens with zero attached hydrogens (tertiary/aromatic N) is 3. The Morgan fingerprint density at radius 3 is 2.82 bits per heavy atom. The summed E-state index contributed by atoms with van der Waals surface area (Å²) in [6.07, 6.45) is 2.94. The molecule has 1 heterocycles. The van der Waals surface area contributed by atoms with Crippen molar-refractivity contribution in [3.8, 4) is 6.07 Å². The van der Waals surface area contributed by atoms with Crippen molar-refractivity contribution in [2.24, 2.45) is 0 Å². The first kappa shape index (κ1) is 11.2. The second kappa shape index (κ2) is 4.68. The van der Waals surface area contributed by atoms with Gasteiger partial charge in [0.05, 0.1) is 10.7 Å². The minimum atomic E-state index is 0.200. The zero-order valence-electron chi connectivity index (χ0n) is 8.68. The highest BCUT2D eigenvalue weighted by Gasteiger charge is 2.07. The normalized spacial score (nSPS) is 9.65. The summed E-state index contributed by atoms with van der Waals surface area (Å²) in [4.78, 5) is 7.91. The van der Waals surface area contributed by atoms with Gasteiger partial charge in [0, 0.05) is 18.1 Å². The number of rotatable bonds is 2. The standard InChI is InChI=1S/C11H8ClN5/c12-8-2-1-7(14)5-9(8)17-11-10(6-13)15-3-4-16-11/h1-5H,14H2,(H,16,17). The molecule has 0 fully saturated rings. The van der Waals surface area contributed by atoms with Gasteiger partial charge in [0.2, 0.25) is 0 Å². The van der Waals surface area contributed by atoms with Crippen LogP contribution in [0.25, 0.3) is 0 Å². The lowest BCUT2D eigenvalue weighted by Crippen LogP contribution is -1.99. The maximum Gasteiger partial charge on any atom is 0.183 e. The number of aromatic nitrogens is 2. The fraction of sp³-hybridized carbons (Fsp3) is 0. The molecule has 17 heavy (non-hydrogen) atoms. The Hall–Kier alpha value is -2.32. The van der Waals surface area contributed by atoms with Gasteiger partial charge in [-0.05, 0) is 18.2 Å². The van der Waals surface area contributed by atoms with E-state index in [0.717, 1.165) is 0 Å². The average Bonchev–Trinajstić information content (AvgIpc) is 2.34. The molecule has 0 aliphatic heterocycles. The molecule has 0 radical (unpaired) electrons. The number of hydrogen-bond donors (Lipinski definition) is 2. The molecule has 84 valence electrons.